The minimum atomic E-state index is -1.14. The zero-order valence-corrected chi connectivity index (χ0v) is 21.7. The summed E-state index contributed by atoms with van der Waals surface area (Å²) in [6.45, 7) is 1.41. The first kappa shape index (κ1) is 25.2. The second kappa shape index (κ2) is 10.8. The van der Waals surface area contributed by atoms with Crippen LogP contribution in [0.5, 0.6) is 11.5 Å². The van der Waals surface area contributed by atoms with Gasteiger partial charge in [-0.25, -0.2) is 9.78 Å². The van der Waals surface area contributed by atoms with Crippen LogP contribution in [0, 0.1) is 0 Å². The number of methoxy groups -OCH3 is 1. The molecule has 184 valence electrons. The van der Waals surface area contributed by atoms with Gasteiger partial charge >= 0.3 is 5.97 Å². The molecule has 1 aliphatic carbocycles. The molecule has 0 aliphatic heterocycles. The number of carbonyl (C=O) groups is 1. The number of aromatic nitrogens is 2. The van der Waals surface area contributed by atoms with Crippen molar-refractivity contribution < 1.29 is 19.4 Å². The van der Waals surface area contributed by atoms with Crippen molar-refractivity contribution in [3.63, 3.8) is 0 Å². The monoisotopic (exact) mass is 561 g/mol. The lowest BCUT2D eigenvalue weighted by Crippen LogP contribution is -2.25. The molecule has 3 aromatic rings. The van der Waals surface area contributed by atoms with E-state index in [0.717, 1.165) is 36.6 Å². The number of carboxylic acid groups (broad SMARTS) is 1. The van der Waals surface area contributed by atoms with Crippen molar-refractivity contribution in [3.8, 4) is 11.5 Å². The van der Waals surface area contributed by atoms with E-state index in [1.165, 1.54) is 31.0 Å². The van der Waals surface area contributed by atoms with Gasteiger partial charge in [0.05, 0.1) is 24.2 Å². The summed E-state index contributed by atoms with van der Waals surface area (Å²) in [7, 11) is 1.43. The molecule has 0 spiro atoms. The fraction of sp³-hybridized carbons (Fsp3) is 0.360. The zero-order valence-electron chi connectivity index (χ0n) is 19.3. The van der Waals surface area contributed by atoms with Crippen molar-refractivity contribution >= 4 is 50.6 Å². The first-order valence-corrected chi connectivity index (χ1v) is 12.5. The Kier molecular flexibility index (Phi) is 7.76. The zero-order chi connectivity index (χ0) is 25.1. The summed E-state index contributed by atoms with van der Waals surface area (Å²) in [4.78, 5) is 29.8. The van der Waals surface area contributed by atoms with E-state index in [0.29, 0.717) is 27.3 Å². The van der Waals surface area contributed by atoms with Crippen molar-refractivity contribution in [1.82, 2.24) is 9.66 Å². The van der Waals surface area contributed by atoms with Gasteiger partial charge in [-0.15, -0.1) is 0 Å². The minimum absolute atomic E-state index is 0.110. The van der Waals surface area contributed by atoms with Gasteiger partial charge in [0.25, 0.3) is 5.56 Å². The Bertz CT molecular complexity index is 1350. The quantitative estimate of drug-likeness (QED) is 0.376. The van der Waals surface area contributed by atoms with Gasteiger partial charge in [0.2, 0.25) is 0 Å². The van der Waals surface area contributed by atoms with E-state index >= 15 is 0 Å². The van der Waals surface area contributed by atoms with E-state index in [2.05, 4.69) is 21.0 Å². The fourth-order valence-corrected chi connectivity index (χ4v) is 4.79. The lowest BCUT2D eigenvalue weighted by Gasteiger charge is -2.23. The fourth-order valence-electron chi connectivity index (χ4n) is 4.21. The number of hydrogen-bond acceptors (Lipinski definition) is 6. The average Bonchev–Trinajstić information content (AvgIpc) is 2.85. The Labute approximate surface area is 215 Å². The predicted molar refractivity (Wildman–Crippen MR) is 138 cm³/mol. The number of rotatable bonds is 7. The molecule has 10 heteroatoms. The molecule has 1 fully saturated rings. The molecule has 1 atom stereocenters. The highest BCUT2D eigenvalue weighted by Crippen LogP contribution is 2.35. The first-order valence-electron chi connectivity index (χ1n) is 11.3. The van der Waals surface area contributed by atoms with E-state index in [4.69, 9.17) is 26.1 Å². The Hall–Kier alpha value is -2.91. The van der Waals surface area contributed by atoms with Crippen LogP contribution in [0.1, 0.15) is 56.3 Å². The topological polar surface area (TPSA) is 103 Å². The van der Waals surface area contributed by atoms with Gasteiger partial charge in [0.15, 0.2) is 17.6 Å². The number of carboxylic acids is 1. The number of aliphatic carboxylic acids is 1. The second-order valence-electron chi connectivity index (χ2n) is 8.45. The molecule has 1 aliphatic rings. The number of nitrogens with zero attached hydrogens (tertiary/aromatic N) is 3. The Morgan fingerprint density at radius 2 is 2.03 bits per heavy atom. The summed E-state index contributed by atoms with van der Waals surface area (Å²) in [6, 6.07) is 8.51. The van der Waals surface area contributed by atoms with Crippen LogP contribution < -0.4 is 15.0 Å². The molecule has 2 aromatic carbocycles. The Morgan fingerprint density at radius 1 is 1.29 bits per heavy atom. The molecular formula is C25H25BrClN3O5. The van der Waals surface area contributed by atoms with Gasteiger partial charge in [-0.3, -0.25) is 4.79 Å². The van der Waals surface area contributed by atoms with E-state index < -0.39 is 12.1 Å². The molecule has 0 saturated heterocycles. The molecule has 35 heavy (non-hydrogen) atoms. The van der Waals surface area contributed by atoms with Crippen LogP contribution >= 0.6 is 27.5 Å². The van der Waals surface area contributed by atoms with E-state index in [1.807, 2.05) is 12.1 Å². The van der Waals surface area contributed by atoms with E-state index in [9.17, 15) is 14.7 Å². The largest absolute Gasteiger partial charge is 0.493 e. The average molecular weight is 563 g/mol. The highest BCUT2D eigenvalue weighted by Gasteiger charge is 2.23. The van der Waals surface area contributed by atoms with Crippen LogP contribution in [-0.2, 0) is 4.79 Å². The summed E-state index contributed by atoms with van der Waals surface area (Å²) >= 11 is 9.68. The summed E-state index contributed by atoms with van der Waals surface area (Å²) in [5, 5.41) is 14.6. The molecule has 0 amide bonds. The lowest BCUT2D eigenvalue weighted by molar-refractivity contribution is -0.144. The summed E-state index contributed by atoms with van der Waals surface area (Å²) in [5.74, 6) is 0.00575. The van der Waals surface area contributed by atoms with Crippen LogP contribution in [0.25, 0.3) is 10.9 Å². The SMILES string of the molecule is COc1cc(Cl)cc(C=Nn2c(C3CCCCC3)nc3ccc(Br)cc3c2=O)c1O[C@H](C)C(=O)O. The third kappa shape index (κ3) is 5.51. The van der Waals surface area contributed by atoms with Crippen molar-refractivity contribution in [3.05, 3.63) is 61.6 Å². The van der Waals surface area contributed by atoms with Crippen LogP contribution in [0.2, 0.25) is 5.02 Å². The molecule has 1 saturated carbocycles. The first-order chi connectivity index (χ1) is 16.8. The molecule has 0 radical (unpaired) electrons. The molecule has 1 aromatic heterocycles. The lowest BCUT2D eigenvalue weighted by atomic mass is 9.88. The maximum atomic E-state index is 13.5. The van der Waals surface area contributed by atoms with Gasteiger partial charge in [-0.1, -0.05) is 46.8 Å². The summed E-state index contributed by atoms with van der Waals surface area (Å²) in [5.41, 5.74) is 0.704. The Morgan fingerprint density at radius 3 is 2.71 bits per heavy atom. The van der Waals surface area contributed by atoms with Gasteiger partial charge in [0, 0.05) is 27.0 Å². The van der Waals surface area contributed by atoms with Crippen molar-refractivity contribution in [2.24, 2.45) is 5.10 Å². The molecule has 4 rings (SSSR count). The molecule has 0 bridgehead atoms. The van der Waals surface area contributed by atoms with E-state index in [1.54, 1.807) is 12.1 Å². The number of ether oxygens (including phenoxy) is 2. The number of benzene rings is 2. The van der Waals surface area contributed by atoms with Gasteiger partial charge < -0.3 is 14.6 Å². The van der Waals surface area contributed by atoms with Crippen molar-refractivity contribution in [2.75, 3.05) is 7.11 Å². The van der Waals surface area contributed by atoms with Crippen molar-refractivity contribution in [1.29, 1.82) is 0 Å². The third-order valence-electron chi connectivity index (χ3n) is 6.03. The Balaban J connectivity index is 1.87. The molecule has 1 heterocycles. The second-order valence-corrected chi connectivity index (χ2v) is 9.80. The number of halogens is 2. The minimum Gasteiger partial charge on any atom is -0.493 e. The predicted octanol–water partition coefficient (Wildman–Crippen LogP) is 5.60. The third-order valence-corrected chi connectivity index (χ3v) is 6.74. The maximum Gasteiger partial charge on any atom is 0.344 e. The van der Waals surface area contributed by atoms with E-state index in [-0.39, 0.29) is 23.0 Å². The van der Waals surface area contributed by atoms with Crippen LogP contribution in [0.3, 0.4) is 0 Å². The highest BCUT2D eigenvalue weighted by atomic mass is 79.9. The summed E-state index contributed by atoms with van der Waals surface area (Å²) < 4.78 is 13.1. The van der Waals surface area contributed by atoms with Crippen LogP contribution in [0.4, 0.5) is 0 Å². The van der Waals surface area contributed by atoms with Gasteiger partial charge in [-0.2, -0.15) is 9.78 Å². The summed E-state index contributed by atoms with van der Waals surface area (Å²) in [6.07, 6.45) is 5.45. The molecule has 0 unspecified atom stereocenters. The van der Waals surface area contributed by atoms with Crippen LogP contribution in [0.15, 0.2) is 44.7 Å². The standard InChI is InChI=1S/C25H25BrClN3O5/c1-14(25(32)33)35-22-16(10-18(27)12-21(22)34-2)13-28-30-23(15-6-4-3-5-7-15)29-20-9-8-17(26)11-19(20)24(30)31/h8-15H,3-7H2,1-2H3,(H,32,33)/t14-/m1/s1. The smallest absolute Gasteiger partial charge is 0.344 e. The maximum absolute atomic E-state index is 13.5. The molecule has 8 nitrogen and oxygen atoms in total. The van der Waals surface area contributed by atoms with Gasteiger partial charge in [-0.05, 0) is 44.0 Å². The number of fused-ring (bicyclic) bond motifs is 1. The number of hydrogen-bond donors (Lipinski definition) is 1. The molecular weight excluding hydrogens is 538 g/mol. The highest BCUT2D eigenvalue weighted by molar-refractivity contribution is 9.10. The molecule has 1 N–H and O–H groups in total. The van der Waals surface area contributed by atoms with Gasteiger partial charge in [0.1, 0.15) is 5.82 Å². The van der Waals surface area contributed by atoms with Crippen molar-refractivity contribution in [2.45, 2.75) is 51.0 Å². The van der Waals surface area contributed by atoms with Crippen LogP contribution in [-0.4, -0.2) is 40.2 Å². The normalized spacial score (nSPS) is 15.4.